The van der Waals surface area contributed by atoms with Crippen molar-refractivity contribution in [2.75, 3.05) is 21.9 Å². The Morgan fingerprint density at radius 1 is 1.28 bits per heavy atom. The Hall–Kier alpha value is -2.66. The van der Waals surface area contributed by atoms with Gasteiger partial charge < -0.3 is 15.4 Å². The summed E-state index contributed by atoms with van der Waals surface area (Å²) in [4.78, 5) is 15.6. The average Bonchev–Trinajstić information content (AvgIpc) is 3.21. The standard InChI is InChI=1S/C14H13N5O4S2/c20-19(21)13-12(16-14-17(13)7-8-24-14)15-10-2-4-11(5-3-10)18-6-1-9-25(18,22)23/h2-5,7-8,15H,1,6,9H2. The topological polar surface area (TPSA) is 110 Å². The Labute approximate surface area is 146 Å². The van der Waals surface area contributed by atoms with Crippen molar-refractivity contribution >= 4 is 49.3 Å². The van der Waals surface area contributed by atoms with Crippen molar-refractivity contribution < 1.29 is 13.3 Å². The fraction of sp³-hybridized carbons (Fsp3) is 0.214. The highest BCUT2D eigenvalue weighted by molar-refractivity contribution is 7.93. The van der Waals surface area contributed by atoms with E-state index >= 15 is 0 Å². The molecule has 3 heterocycles. The minimum Gasteiger partial charge on any atom is -0.358 e. The van der Waals surface area contributed by atoms with Gasteiger partial charge in [0.05, 0.1) is 11.4 Å². The van der Waals surface area contributed by atoms with Crippen LogP contribution < -0.4 is 9.62 Å². The summed E-state index contributed by atoms with van der Waals surface area (Å²) in [6.07, 6.45) is 2.21. The van der Waals surface area contributed by atoms with E-state index < -0.39 is 14.9 Å². The molecule has 1 aromatic carbocycles. The van der Waals surface area contributed by atoms with Crippen LogP contribution in [0, 0.1) is 10.1 Å². The third kappa shape index (κ3) is 2.70. The Kier molecular flexibility index (Phi) is 3.62. The minimum atomic E-state index is -3.23. The lowest BCUT2D eigenvalue weighted by molar-refractivity contribution is -0.389. The number of aromatic nitrogens is 2. The van der Waals surface area contributed by atoms with Crippen molar-refractivity contribution in [3.05, 3.63) is 46.0 Å². The molecule has 0 unspecified atom stereocenters. The quantitative estimate of drug-likeness (QED) is 0.551. The molecule has 9 nitrogen and oxygen atoms in total. The summed E-state index contributed by atoms with van der Waals surface area (Å²) in [5.41, 5.74) is 1.18. The third-order valence-electron chi connectivity index (χ3n) is 3.93. The van der Waals surface area contributed by atoms with Gasteiger partial charge >= 0.3 is 5.82 Å². The molecule has 0 bridgehead atoms. The first kappa shape index (κ1) is 15.8. The van der Waals surface area contributed by atoms with E-state index in [-0.39, 0.29) is 17.4 Å². The molecule has 1 aliphatic rings. The lowest BCUT2D eigenvalue weighted by Gasteiger charge is -2.17. The summed E-state index contributed by atoms with van der Waals surface area (Å²) in [6, 6.07) is 6.71. The number of hydrogen-bond donors (Lipinski definition) is 1. The molecule has 2 aromatic heterocycles. The monoisotopic (exact) mass is 379 g/mol. The first-order valence-electron chi connectivity index (χ1n) is 7.43. The van der Waals surface area contributed by atoms with Crippen LogP contribution in [0.2, 0.25) is 0 Å². The maximum absolute atomic E-state index is 12.0. The Balaban J connectivity index is 1.63. The second-order valence-electron chi connectivity index (χ2n) is 5.51. The number of sulfonamides is 1. The number of thiazole rings is 1. The van der Waals surface area contributed by atoms with Crippen LogP contribution in [0.5, 0.6) is 0 Å². The predicted octanol–water partition coefficient (Wildman–Crippen LogP) is 2.59. The zero-order valence-corrected chi connectivity index (χ0v) is 14.5. The molecule has 11 heteroatoms. The second kappa shape index (κ2) is 5.70. The van der Waals surface area contributed by atoms with Gasteiger partial charge in [-0.25, -0.2) is 8.42 Å². The zero-order valence-electron chi connectivity index (χ0n) is 12.8. The van der Waals surface area contributed by atoms with Crippen molar-refractivity contribution in [3.8, 4) is 0 Å². The molecule has 0 spiro atoms. The molecule has 1 N–H and O–H groups in total. The van der Waals surface area contributed by atoms with Crippen molar-refractivity contribution in [3.63, 3.8) is 0 Å². The average molecular weight is 379 g/mol. The summed E-state index contributed by atoms with van der Waals surface area (Å²) >= 11 is 1.30. The Morgan fingerprint density at radius 3 is 2.68 bits per heavy atom. The van der Waals surface area contributed by atoms with Crippen LogP contribution in [0.3, 0.4) is 0 Å². The minimum absolute atomic E-state index is 0.137. The van der Waals surface area contributed by atoms with Crippen molar-refractivity contribution in [2.24, 2.45) is 0 Å². The van der Waals surface area contributed by atoms with E-state index in [1.807, 2.05) is 0 Å². The van der Waals surface area contributed by atoms with Crippen LogP contribution in [0.1, 0.15) is 6.42 Å². The lowest BCUT2D eigenvalue weighted by Crippen LogP contribution is -2.24. The van der Waals surface area contributed by atoms with Crippen LogP contribution >= 0.6 is 11.3 Å². The van der Waals surface area contributed by atoms with Gasteiger partial charge in [0.15, 0.2) is 0 Å². The van der Waals surface area contributed by atoms with Gasteiger partial charge in [0.1, 0.15) is 6.20 Å². The summed E-state index contributed by atoms with van der Waals surface area (Å²) < 4.78 is 26.7. The van der Waals surface area contributed by atoms with E-state index in [1.165, 1.54) is 20.0 Å². The highest BCUT2D eigenvalue weighted by atomic mass is 32.2. The van der Waals surface area contributed by atoms with E-state index in [1.54, 1.807) is 35.8 Å². The number of anilines is 3. The molecular weight excluding hydrogens is 366 g/mol. The highest BCUT2D eigenvalue weighted by Gasteiger charge is 2.28. The lowest BCUT2D eigenvalue weighted by atomic mass is 10.2. The summed E-state index contributed by atoms with van der Waals surface area (Å²) in [7, 11) is -3.23. The maximum atomic E-state index is 12.0. The molecule has 0 atom stereocenters. The normalized spacial score (nSPS) is 16.4. The summed E-state index contributed by atoms with van der Waals surface area (Å²) in [5.74, 6) is 0.172. The fourth-order valence-corrected chi connectivity index (χ4v) is 5.08. The number of nitro groups is 1. The molecule has 130 valence electrons. The number of hydrogen-bond acceptors (Lipinski definition) is 7. The number of nitrogens with one attached hydrogen (secondary N) is 1. The molecule has 0 amide bonds. The van der Waals surface area contributed by atoms with Gasteiger partial charge in [0.2, 0.25) is 15.8 Å². The van der Waals surface area contributed by atoms with Gasteiger partial charge in [-0.2, -0.15) is 9.38 Å². The van der Waals surface area contributed by atoms with Crippen LogP contribution in [0.4, 0.5) is 23.0 Å². The van der Waals surface area contributed by atoms with Gasteiger partial charge in [-0.1, -0.05) is 11.3 Å². The van der Waals surface area contributed by atoms with Gasteiger partial charge in [0, 0.05) is 17.6 Å². The van der Waals surface area contributed by atoms with E-state index in [0.717, 1.165) is 0 Å². The molecule has 1 fully saturated rings. The molecule has 25 heavy (non-hydrogen) atoms. The smallest absolute Gasteiger partial charge is 0.358 e. The molecule has 3 aromatic rings. The van der Waals surface area contributed by atoms with Crippen molar-refractivity contribution in [1.82, 2.24) is 9.38 Å². The molecule has 4 rings (SSSR count). The largest absolute Gasteiger partial charge is 0.373 e. The third-order valence-corrected chi connectivity index (χ3v) is 6.55. The summed E-state index contributed by atoms with van der Waals surface area (Å²) in [6.45, 7) is 0.470. The zero-order chi connectivity index (χ0) is 17.6. The molecule has 0 radical (unpaired) electrons. The Morgan fingerprint density at radius 2 is 2.04 bits per heavy atom. The van der Waals surface area contributed by atoms with Crippen LogP contribution in [-0.4, -0.2) is 35.0 Å². The fourth-order valence-electron chi connectivity index (χ4n) is 2.81. The van der Waals surface area contributed by atoms with Crippen LogP contribution in [0.15, 0.2) is 35.8 Å². The van der Waals surface area contributed by atoms with Crippen LogP contribution in [-0.2, 0) is 10.0 Å². The summed E-state index contributed by atoms with van der Waals surface area (Å²) in [5, 5.41) is 16.0. The molecule has 0 aliphatic carbocycles. The highest BCUT2D eigenvalue weighted by Crippen LogP contribution is 2.31. The van der Waals surface area contributed by atoms with E-state index in [9.17, 15) is 18.5 Å². The number of fused-ring (bicyclic) bond motifs is 1. The molecular formula is C14H13N5O4S2. The first-order valence-corrected chi connectivity index (χ1v) is 9.92. The first-order chi connectivity index (χ1) is 12.0. The van der Waals surface area contributed by atoms with E-state index in [0.29, 0.717) is 29.3 Å². The number of imidazole rings is 1. The van der Waals surface area contributed by atoms with Crippen molar-refractivity contribution in [1.29, 1.82) is 0 Å². The van der Waals surface area contributed by atoms with Gasteiger partial charge in [-0.05, 0) is 35.6 Å². The van der Waals surface area contributed by atoms with E-state index in [4.69, 9.17) is 0 Å². The van der Waals surface area contributed by atoms with Crippen LogP contribution in [0.25, 0.3) is 4.96 Å². The SMILES string of the molecule is O=[N+]([O-])c1c(Nc2ccc(N3CCCS3(=O)=O)cc2)nc2sccn12. The molecule has 1 saturated heterocycles. The predicted molar refractivity (Wildman–Crippen MR) is 95.2 cm³/mol. The number of benzene rings is 1. The van der Waals surface area contributed by atoms with Gasteiger partial charge in [-0.3, -0.25) is 4.31 Å². The Bertz CT molecular complexity index is 1050. The maximum Gasteiger partial charge on any atom is 0.373 e. The van der Waals surface area contributed by atoms with Crippen molar-refractivity contribution in [2.45, 2.75) is 6.42 Å². The van der Waals surface area contributed by atoms with Gasteiger partial charge in [-0.15, -0.1) is 0 Å². The number of nitrogens with zero attached hydrogens (tertiary/aromatic N) is 4. The van der Waals surface area contributed by atoms with Gasteiger partial charge in [0.25, 0.3) is 4.96 Å². The molecule has 1 aliphatic heterocycles. The van der Waals surface area contributed by atoms with E-state index in [2.05, 4.69) is 10.3 Å². The number of rotatable bonds is 4. The molecule has 0 saturated carbocycles. The second-order valence-corrected chi connectivity index (χ2v) is 8.40.